The Bertz CT molecular complexity index is 1960. The first-order valence-corrected chi connectivity index (χ1v) is 17.3. The van der Waals surface area contributed by atoms with Crippen molar-refractivity contribution in [2.75, 3.05) is 33.2 Å². The number of rotatable bonds is 11. The third kappa shape index (κ3) is 6.46. The van der Waals surface area contributed by atoms with Crippen LogP contribution in [0, 0.1) is 25.2 Å². The van der Waals surface area contributed by atoms with E-state index in [-0.39, 0.29) is 5.91 Å². The predicted molar refractivity (Wildman–Crippen MR) is 189 cm³/mol. The Hall–Kier alpha value is -4.36. The second kappa shape index (κ2) is 13.8. The standard InChI is InChI=1S/C38H42N6O2S/c1-7-16-43(9-3)20-26-17-27(19-39)36-32(18-26)40-37(46-36)30-14-10-12-28(24(30)4)29-13-11-15-31(25(29)5)38-41-33-21-44(22-34(33)47-38)35(45)23-42(6)8-2/h10-15,17-18H,7-9,16,20-23H2,1-6H3. The number of hydrogen-bond acceptors (Lipinski definition) is 8. The van der Waals surface area contributed by atoms with Gasteiger partial charge in [0.15, 0.2) is 5.58 Å². The molecule has 0 N–H and O–H groups in total. The number of oxazole rings is 1. The Labute approximate surface area is 281 Å². The number of aromatic nitrogens is 2. The maximum Gasteiger partial charge on any atom is 0.237 e. The van der Waals surface area contributed by atoms with Crippen LogP contribution in [0.15, 0.2) is 52.9 Å². The van der Waals surface area contributed by atoms with Crippen LogP contribution in [-0.4, -0.2) is 63.8 Å². The van der Waals surface area contributed by atoms with Crippen molar-refractivity contribution in [2.24, 2.45) is 0 Å². The Morgan fingerprint density at radius 1 is 0.979 bits per heavy atom. The van der Waals surface area contributed by atoms with E-state index in [1.54, 1.807) is 11.3 Å². The summed E-state index contributed by atoms with van der Waals surface area (Å²) in [5.74, 6) is 0.663. The highest BCUT2D eigenvalue weighted by atomic mass is 32.1. The SMILES string of the molecule is CCCN(CC)Cc1cc(C#N)c2oc(-c3cccc(-c4cccc(-c5nc6c(s5)CN(C(=O)CN(C)CC)C6)c4C)c3C)nc2c1. The Morgan fingerprint density at radius 3 is 2.34 bits per heavy atom. The highest BCUT2D eigenvalue weighted by Crippen LogP contribution is 2.40. The molecule has 3 heterocycles. The monoisotopic (exact) mass is 646 g/mol. The zero-order valence-corrected chi connectivity index (χ0v) is 29.0. The lowest BCUT2D eigenvalue weighted by Crippen LogP contribution is -2.35. The summed E-state index contributed by atoms with van der Waals surface area (Å²) < 4.78 is 6.31. The minimum absolute atomic E-state index is 0.146. The van der Waals surface area contributed by atoms with E-state index < -0.39 is 0 Å². The molecule has 0 spiro atoms. The van der Waals surface area contributed by atoms with Gasteiger partial charge in [-0.3, -0.25) is 14.6 Å². The topological polar surface area (TPSA) is 89.5 Å². The van der Waals surface area contributed by atoms with E-state index >= 15 is 0 Å². The summed E-state index contributed by atoms with van der Waals surface area (Å²) in [7, 11) is 1.97. The van der Waals surface area contributed by atoms with Crippen LogP contribution in [0.1, 0.15) is 60.0 Å². The molecule has 0 aliphatic carbocycles. The molecule has 5 aromatic rings. The predicted octanol–water partition coefficient (Wildman–Crippen LogP) is 7.80. The van der Waals surface area contributed by atoms with Crippen molar-refractivity contribution in [3.8, 4) is 39.2 Å². The lowest BCUT2D eigenvalue weighted by atomic mass is 9.91. The number of likely N-dealkylation sites (N-methyl/N-ethyl adjacent to an activating group) is 1. The zero-order chi connectivity index (χ0) is 33.2. The third-order valence-electron chi connectivity index (χ3n) is 9.23. The highest BCUT2D eigenvalue weighted by molar-refractivity contribution is 7.15. The van der Waals surface area contributed by atoms with E-state index in [9.17, 15) is 10.1 Å². The van der Waals surface area contributed by atoms with Crippen molar-refractivity contribution in [3.63, 3.8) is 0 Å². The smallest absolute Gasteiger partial charge is 0.237 e. The molecule has 0 bridgehead atoms. The van der Waals surface area contributed by atoms with Crippen LogP contribution in [0.4, 0.5) is 0 Å². The van der Waals surface area contributed by atoms with Gasteiger partial charge in [0.25, 0.3) is 0 Å². The van der Waals surface area contributed by atoms with Crippen LogP contribution in [0.25, 0.3) is 44.3 Å². The van der Waals surface area contributed by atoms with Crippen molar-refractivity contribution < 1.29 is 9.21 Å². The number of fused-ring (bicyclic) bond motifs is 2. The van der Waals surface area contributed by atoms with Gasteiger partial charge in [0.2, 0.25) is 11.8 Å². The van der Waals surface area contributed by atoms with Crippen molar-refractivity contribution in [1.82, 2.24) is 24.7 Å². The molecule has 0 atom stereocenters. The summed E-state index contributed by atoms with van der Waals surface area (Å²) in [5, 5.41) is 11.0. The second-order valence-corrected chi connectivity index (χ2v) is 13.5. The molecular formula is C38H42N6O2S. The Kier molecular flexibility index (Phi) is 9.55. The van der Waals surface area contributed by atoms with E-state index in [0.29, 0.717) is 42.2 Å². The quantitative estimate of drug-likeness (QED) is 0.145. The first-order valence-electron chi connectivity index (χ1n) is 16.5. The van der Waals surface area contributed by atoms with E-state index in [1.165, 1.54) is 4.88 Å². The number of thiazole rings is 1. The molecule has 0 unspecified atom stereocenters. The molecule has 0 saturated heterocycles. The Balaban J connectivity index is 1.30. The first-order chi connectivity index (χ1) is 22.7. The van der Waals surface area contributed by atoms with Crippen LogP contribution in [0.2, 0.25) is 0 Å². The molecule has 1 aliphatic heterocycles. The Morgan fingerprint density at radius 2 is 1.68 bits per heavy atom. The van der Waals surface area contributed by atoms with Crippen LogP contribution in [0.3, 0.4) is 0 Å². The maximum absolute atomic E-state index is 12.8. The molecule has 47 heavy (non-hydrogen) atoms. The van der Waals surface area contributed by atoms with E-state index in [0.717, 1.165) is 82.2 Å². The number of amides is 1. The van der Waals surface area contributed by atoms with Gasteiger partial charge in [-0.2, -0.15) is 5.26 Å². The number of nitrogens with zero attached hydrogens (tertiary/aromatic N) is 6. The van der Waals surface area contributed by atoms with Gasteiger partial charge < -0.3 is 9.32 Å². The molecule has 1 amide bonds. The van der Waals surface area contributed by atoms with Crippen molar-refractivity contribution in [3.05, 3.63) is 81.4 Å². The van der Waals surface area contributed by atoms with Crippen LogP contribution in [-0.2, 0) is 24.4 Å². The largest absolute Gasteiger partial charge is 0.435 e. The molecule has 3 aromatic carbocycles. The van der Waals surface area contributed by atoms with E-state index in [2.05, 4.69) is 75.9 Å². The average Bonchev–Trinajstić information content (AvgIpc) is 3.78. The second-order valence-electron chi connectivity index (χ2n) is 12.4. The summed E-state index contributed by atoms with van der Waals surface area (Å²) in [4.78, 5) is 30.1. The number of hydrogen-bond donors (Lipinski definition) is 0. The summed E-state index contributed by atoms with van der Waals surface area (Å²) in [5.41, 5.74) is 10.3. The van der Waals surface area contributed by atoms with Gasteiger partial charge in [-0.05, 0) is 93.0 Å². The lowest BCUT2D eigenvalue weighted by molar-refractivity contribution is -0.132. The number of carbonyl (C=O) groups excluding carboxylic acids is 1. The maximum atomic E-state index is 12.8. The minimum atomic E-state index is 0.146. The molecule has 242 valence electrons. The van der Waals surface area contributed by atoms with Gasteiger partial charge in [0.1, 0.15) is 16.6 Å². The number of benzene rings is 3. The van der Waals surface area contributed by atoms with E-state index in [1.807, 2.05) is 35.0 Å². The van der Waals surface area contributed by atoms with Crippen molar-refractivity contribution in [2.45, 2.75) is 60.7 Å². The summed E-state index contributed by atoms with van der Waals surface area (Å²) in [6.07, 6.45) is 1.08. The van der Waals surface area contributed by atoms with E-state index in [4.69, 9.17) is 14.4 Å². The molecule has 2 aromatic heterocycles. The first kappa shape index (κ1) is 32.6. The summed E-state index contributed by atoms with van der Waals surface area (Å²) in [6.45, 7) is 15.9. The summed E-state index contributed by atoms with van der Waals surface area (Å²) in [6, 6.07) is 18.9. The van der Waals surface area contributed by atoms with Crippen LogP contribution >= 0.6 is 11.3 Å². The van der Waals surface area contributed by atoms with Gasteiger partial charge in [0.05, 0.1) is 30.9 Å². The molecular weight excluding hydrogens is 605 g/mol. The fourth-order valence-electron chi connectivity index (χ4n) is 6.40. The highest BCUT2D eigenvalue weighted by Gasteiger charge is 2.28. The van der Waals surface area contributed by atoms with Crippen LogP contribution in [0.5, 0.6) is 0 Å². The molecule has 0 radical (unpaired) electrons. The van der Waals surface area contributed by atoms with Crippen molar-refractivity contribution >= 4 is 28.3 Å². The minimum Gasteiger partial charge on any atom is -0.435 e. The molecule has 0 fully saturated rings. The summed E-state index contributed by atoms with van der Waals surface area (Å²) >= 11 is 1.68. The lowest BCUT2D eigenvalue weighted by Gasteiger charge is -2.20. The average molecular weight is 647 g/mol. The molecule has 9 heteroatoms. The number of nitriles is 1. The molecule has 0 saturated carbocycles. The van der Waals surface area contributed by atoms with Gasteiger partial charge >= 0.3 is 0 Å². The van der Waals surface area contributed by atoms with Gasteiger partial charge in [-0.15, -0.1) is 11.3 Å². The fourth-order valence-corrected chi connectivity index (χ4v) is 7.57. The fraction of sp³-hybridized carbons (Fsp3) is 0.368. The molecule has 8 nitrogen and oxygen atoms in total. The van der Waals surface area contributed by atoms with Gasteiger partial charge in [0, 0.05) is 22.5 Å². The van der Waals surface area contributed by atoms with Crippen molar-refractivity contribution in [1.29, 1.82) is 5.26 Å². The molecule has 1 aliphatic rings. The van der Waals surface area contributed by atoms with Gasteiger partial charge in [-0.1, -0.05) is 51.1 Å². The molecule has 6 rings (SSSR count). The zero-order valence-electron chi connectivity index (χ0n) is 28.2. The van der Waals surface area contributed by atoms with Crippen LogP contribution < -0.4 is 0 Å². The van der Waals surface area contributed by atoms with Gasteiger partial charge in [-0.25, -0.2) is 9.97 Å². The number of carbonyl (C=O) groups is 1. The normalized spacial score (nSPS) is 12.8. The third-order valence-corrected chi connectivity index (χ3v) is 10.3.